The maximum Gasteiger partial charge on any atom is 0.244 e. The fourth-order valence-corrected chi connectivity index (χ4v) is 1.90. The van der Waals surface area contributed by atoms with Crippen LogP contribution in [-0.2, 0) is 11.2 Å². The number of fused-ring (bicyclic) bond motifs is 1. The lowest BCUT2D eigenvalue weighted by atomic mass is 10.2. The maximum atomic E-state index is 11.7. The minimum Gasteiger partial charge on any atom is -0.311 e. The summed E-state index contributed by atoms with van der Waals surface area (Å²) >= 11 is 5.78. The topological polar surface area (TPSA) is 20.3 Å². The zero-order chi connectivity index (χ0) is 10.1. The molecule has 1 atom stereocenters. The van der Waals surface area contributed by atoms with Crippen molar-refractivity contribution in [3.8, 4) is 0 Å². The first kappa shape index (κ1) is 9.53. The number of hydrogen-bond acceptors (Lipinski definition) is 1. The molecule has 1 aliphatic rings. The van der Waals surface area contributed by atoms with Crippen molar-refractivity contribution in [1.82, 2.24) is 0 Å². The van der Waals surface area contributed by atoms with Gasteiger partial charge < -0.3 is 4.90 Å². The molecule has 0 fully saturated rings. The zero-order valence-corrected chi connectivity index (χ0v) is 8.79. The Hall–Kier alpha value is -1.02. The predicted molar refractivity (Wildman–Crippen MR) is 57.8 cm³/mol. The molecule has 1 aliphatic heterocycles. The first-order valence-corrected chi connectivity index (χ1v) is 5.17. The molecule has 1 unspecified atom stereocenters. The molecule has 1 amide bonds. The normalized spacial score (nSPS) is 16.6. The molecule has 2 nitrogen and oxygen atoms in total. The van der Waals surface area contributed by atoms with E-state index in [0.717, 1.165) is 18.7 Å². The van der Waals surface area contributed by atoms with Crippen molar-refractivity contribution < 1.29 is 4.79 Å². The van der Waals surface area contributed by atoms with Gasteiger partial charge in [-0.2, -0.15) is 0 Å². The van der Waals surface area contributed by atoms with E-state index < -0.39 is 5.38 Å². The molecule has 14 heavy (non-hydrogen) atoms. The standard InChI is InChI=1S/C11H12ClNO/c1-8(12)11(14)13-7-6-9-4-2-3-5-10(9)13/h2-5,8H,6-7H2,1H3. The van der Waals surface area contributed by atoms with E-state index in [9.17, 15) is 4.79 Å². The molecule has 74 valence electrons. The molecule has 1 aromatic rings. The van der Waals surface area contributed by atoms with Gasteiger partial charge in [-0.25, -0.2) is 0 Å². The monoisotopic (exact) mass is 209 g/mol. The average Bonchev–Trinajstić information content (AvgIpc) is 2.60. The van der Waals surface area contributed by atoms with Crippen molar-refractivity contribution >= 4 is 23.2 Å². The fourth-order valence-electron chi connectivity index (χ4n) is 1.78. The van der Waals surface area contributed by atoms with Gasteiger partial charge in [-0.1, -0.05) is 18.2 Å². The van der Waals surface area contributed by atoms with Gasteiger partial charge in [-0.05, 0) is 25.0 Å². The van der Waals surface area contributed by atoms with E-state index in [0.29, 0.717) is 0 Å². The minimum absolute atomic E-state index is 0.00313. The van der Waals surface area contributed by atoms with Crippen LogP contribution in [0.4, 0.5) is 5.69 Å². The predicted octanol–water partition coefficient (Wildman–Crippen LogP) is 2.20. The molecular weight excluding hydrogens is 198 g/mol. The quantitative estimate of drug-likeness (QED) is 0.650. The van der Waals surface area contributed by atoms with Crippen molar-refractivity contribution in [3.63, 3.8) is 0 Å². The maximum absolute atomic E-state index is 11.7. The summed E-state index contributed by atoms with van der Waals surface area (Å²) in [4.78, 5) is 13.5. The Morgan fingerprint density at radius 1 is 1.50 bits per heavy atom. The number of carbonyl (C=O) groups is 1. The van der Waals surface area contributed by atoms with Gasteiger partial charge in [-0.3, -0.25) is 4.79 Å². The van der Waals surface area contributed by atoms with Crippen molar-refractivity contribution in [1.29, 1.82) is 0 Å². The smallest absolute Gasteiger partial charge is 0.244 e. The number of nitrogens with zero attached hydrogens (tertiary/aromatic N) is 1. The van der Waals surface area contributed by atoms with Crippen LogP contribution in [0.25, 0.3) is 0 Å². The third kappa shape index (κ3) is 1.50. The highest BCUT2D eigenvalue weighted by Crippen LogP contribution is 2.28. The SMILES string of the molecule is CC(Cl)C(=O)N1CCc2ccccc21. The van der Waals surface area contributed by atoms with Gasteiger partial charge in [0.1, 0.15) is 5.38 Å². The van der Waals surface area contributed by atoms with E-state index in [1.54, 1.807) is 11.8 Å². The second-order valence-corrected chi connectivity index (χ2v) is 4.14. The molecule has 0 aromatic heterocycles. The number of anilines is 1. The lowest BCUT2D eigenvalue weighted by Gasteiger charge is -2.18. The van der Waals surface area contributed by atoms with Crippen molar-refractivity contribution in [2.24, 2.45) is 0 Å². The highest BCUT2D eigenvalue weighted by atomic mass is 35.5. The van der Waals surface area contributed by atoms with Gasteiger partial charge in [-0.15, -0.1) is 11.6 Å². The number of hydrogen-bond donors (Lipinski definition) is 0. The molecule has 1 aromatic carbocycles. The minimum atomic E-state index is -0.443. The molecule has 0 N–H and O–H groups in total. The average molecular weight is 210 g/mol. The number of alkyl halides is 1. The zero-order valence-electron chi connectivity index (χ0n) is 8.03. The number of para-hydroxylation sites is 1. The molecule has 2 rings (SSSR count). The summed E-state index contributed by atoms with van der Waals surface area (Å²) in [6, 6.07) is 7.97. The summed E-state index contributed by atoms with van der Waals surface area (Å²) in [6.07, 6.45) is 0.936. The lowest BCUT2D eigenvalue weighted by Crippen LogP contribution is -2.34. The van der Waals surface area contributed by atoms with Gasteiger partial charge in [0, 0.05) is 12.2 Å². The summed E-state index contributed by atoms with van der Waals surface area (Å²) in [5, 5.41) is -0.443. The van der Waals surface area contributed by atoms with E-state index in [4.69, 9.17) is 11.6 Å². The van der Waals surface area contributed by atoms with Crippen LogP contribution in [0.1, 0.15) is 12.5 Å². The lowest BCUT2D eigenvalue weighted by molar-refractivity contribution is -0.117. The van der Waals surface area contributed by atoms with Gasteiger partial charge in [0.05, 0.1) is 0 Å². The molecule has 0 aliphatic carbocycles. The number of rotatable bonds is 1. The summed E-state index contributed by atoms with van der Waals surface area (Å²) in [6.45, 7) is 2.47. The van der Waals surface area contributed by atoms with Crippen LogP contribution in [0.2, 0.25) is 0 Å². The summed E-state index contributed by atoms with van der Waals surface area (Å²) in [5.41, 5.74) is 2.25. The van der Waals surface area contributed by atoms with E-state index in [-0.39, 0.29) is 5.91 Å². The Labute approximate surface area is 88.5 Å². The third-order valence-corrected chi connectivity index (χ3v) is 2.68. The Balaban J connectivity index is 2.30. The second-order valence-electron chi connectivity index (χ2n) is 3.48. The highest BCUT2D eigenvalue weighted by molar-refractivity contribution is 6.32. The Morgan fingerprint density at radius 3 is 2.93 bits per heavy atom. The first-order chi connectivity index (χ1) is 6.70. The summed E-state index contributed by atoms with van der Waals surface area (Å²) < 4.78 is 0. The summed E-state index contributed by atoms with van der Waals surface area (Å²) in [5.74, 6) is -0.00313. The van der Waals surface area contributed by atoms with Crippen LogP contribution < -0.4 is 4.90 Å². The first-order valence-electron chi connectivity index (χ1n) is 4.73. The van der Waals surface area contributed by atoms with Gasteiger partial charge in [0.15, 0.2) is 0 Å². The van der Waals surface area contributed by atoms with Gasteiger partial charge >= 0.3 is 0 Å². The molecule has 0 spiro atoms. The van der Waals surface area contributed by atoms with E-state index in [1.165, 1.54) is 5.56 Å². The molecule has 0 bridgehead atoms. The van der Waals surface area contributed by atoms with Crippen LogP contribution >= 0.6 is 11.6 Å². The molecule has 0 saturated heterocycles. The number of carbonyl (C=O) groups excluding carboxylic acids is 1. The number of benzene rings is 1. The van der Waals surface area contributed by atoms with E-state index >= 15 is 0 Å². The van der Waals surface area contributed by atoms with Crippen LogP contribution in [0.15, 0.2) is 24.3 Å². The molecule has 1 heterocycles. The molecular formula is C11H12ClNO. The van der Waals surface area contributed by atoms with Crippen molar-refractivity contribution in [2.75, 3.05) is 11.4 Å². The highest BCUT2D eigenvalue weighted by Gasteiger charge is 2.26. The molecule has 0 radical (unpaired) electrons. The Morgan fingerprint density at radius 2 is 2.21 bits per heavy atom. The Kier molecular flexibility index (Phi) is 2.46. The van der Waals surface area contributed by atoms with Crippen LogP contribution in [-0.4, -0.2) is 17.8 Å². The fraction of sp³-hybridized carbons (Fsp3) is 0.364. The van der Waals surface area contributed by atoms with E-state index in [1.807, 2.05) is 18.2 Å². The summed E-state index contributed by atoms with van der Waals surface area (Å²) in [7, 11) is 0. The van der Waals surface area contributed by atoms with Gasteiger partial charge in [0.25, 0.3) is 0 Å². The Bertz CT molecular complexity index is 362. The second kappa shape index (κ2) is 3.62. The van der Waals surface area contributed by atoms with Crippen molar-refractivity contribution in [3.05, 3.63) is 29.8 Å². The van der Waals surface area contributed by atoms with Crippen LogP contribution in [0, 0.1) is 0 Å². The molecule has 0 saturated carbocycles. The molecule has 3 heteroatoms. The van der Waals surface area contributed by atoms with Gasteiger partial charge in [0.2, 0.25) is 5.91 Å². The van der Waals surface area contributed by atoms with Crippen molar-refractivity contribution in [2.45, 2.75) is 18.7 Å². The number of halogens is 1. The van der Waals surface area contributed by atoms with Crippen LogP contribution in [0.3, 0.4) is 0 Å². The van der Waals surface area contributed by atoms with Crippen LogP contribution in [0.5, 0.6) is 0 Å². The van der Waals surface area contributed by atoms with E-state index in [2.05, 4.69) is 6.07 Å². The third-order valence-electron chi connectivity index (χ3n) is 2.49. The number of amides is 1. The largest absolute Gasteiger partial charge is 0.311 e.